The van der Waals surface area contributed by atoms with Gasteiger partial charge in [0.1, 0.15) is 0 Å². The highest BCUT2D eigenvalue weighted by atomic mass is 28.3. The van der Waals surface area contributed by atoms with Crippen LogP contribution in [-0.4, -0.2) is 22.5 Å². The van der Waals surface area contributed by atoms with E-state index in [2.05, 4.69) is 20.8 Å². The van der Waals surface area contributed by atoms with Crippen LogP contribution in [0.4, 0.5) is 0 Å². The maximum Gasteiger partial charge on any atom is 0.321 e. The summed E-state index contributed by atoms with van der Waals surface area (Å²) < 4.78 is 11.9. The van der Waals surface area contributed by atoms with Gasteiger partial charge in [0.15, 0.2) is 0 Å². The first kappa shape index (κ1) is 17.1. The van der Waals surface area contributed by atoms with Crippen LogP contribution in [0.1, 0.15) is 72.1 Å². The predicted octanol–water partition coefficient (Wildman–Crippen LogP) is 4.42. The van der Waals surface area contributed by atoms with Gasteiger partial charge in [-0.15, -0.1) is 0 Å². The molecule has 3 heteroatoms. The minimum absolute atomic E-state index is 0.919. The average molecular weight is 260 g/mol. The molecule has 0 unspecified atom stereocenters. The number of hydrogen-bond donors (Lipinski definition) is 0. The zero-order valence-electron chi connectivity index (χ0n) is 12.2. The molecule has 0 aliphatic heterocycles. The Morgan fingerprint density at radius 1 is 0.647 bits per heavy atom. The van der Waals surface area contributed by atoms with E-state index in [4.69, 9.17) is 8.85 Å². The van der Waals surface area contributed by atoms with Crippen LogP contribution < -0.4 is 0 Å². The van der Waals surface area contributed by atoms with Crippen molar-refractivity contribution in [2.45, 2.75) is 78.2 Å². The summed E-state index contributed by atoms with van der Waals surface area (Å²) in [5.41, 5.74) is 0. The van der Waals surface area contributed by atoms with Crippen LogP contribution in [0.5, 0.6) is 0 Å². The Morgan fingerprint density at radius 2 is 1.12 bits per heavy atom. The van der Waals surface area contributed by atoms with Crippen molar-refractivity contribution in [3.8, 4) is 0 Å². The van der Waals surface area contributed by atoms with Crippen molar-refractivity contribution < 1.29 is 8.85 Å². The maximum atomic E-state index is 5.94. The van der Waals surface area contributed by atoms with Crippen molar-refractivity contribution in [2.24, 2.45) is 0 Å². The molecule has 0 spiro atoms. The lowest BCUT2D eigenvalue weighted by Gasteiger charge is -2.16. The van der Waals surface area contributed by atoms with Crippen LogP contribution in [0.25, 0.3) is 0 Å². The number of rotatable bonds is 13. The lowest BCUT2D eigenvalue weighted by molar-refractivity contribution is 0.189. The summed E-state index contributed by atoms with van der Waals surface area (Å²) in [5.74, 6) is 0. The van der Waals surface area contributed by atoms with Crippen LogP contribution in [0, 0.1) is 0 Å². The first-order valence-corrected chi connectivity index (χ1v) is 9.34. The van der Waals surface area contributed by atoms with Crippen molar-refractivity contribution in [2.75, 3.05) is 13.2 Å². The van der Waals surface area contributed by atoms with Crippen molar-refractivity contribution in [3.63, 3.8) is 0 Å². The minimum Gasteiger partial charge on any atom is -0.397 e. The summed E-state index contributed by atoms with van der Waals surface area (Å²) in [5, 5.41) is 0. The lowest BCUT2D eigenvalue weighted by atomic mass is 10.3. The topological polar surface area (TPSA) is 18.5 Å². The molecule has 0 aliphatic rings. The van der Waals surface area contributed by atoms with Crippen LogP contribution in [0.3, 0.4) is 0 Å². The van der Waals surface area contributed by atoms with E-state index in [-0.39, 0.29) is 0 Å². The fourth-order valence-corrected chi connectivity index (χ4v) is 3.75. The molecule has 0 fully saturated rings. The third-order valence-electron chi connectivity index (χ3n) is 2.90. The molecule has 0 heterocycles. The average Bonchev–Trinajstić information content (AvgIpc) is 2.35. The van der Waals surface area contributed by atoms with E-state index >= 15 is 0 Å². The summed E-state index contributed by atoms with van der Waals surface area (Å²) >= 11 is 0. The molecule has 0 rings (SSSR count). The fourth-order valence-electron chi connectivity index (χ4n) is 1.72. The first-order valence-electron chi connectivity index (χ1n) is 7.58. The molecule has 0 atom stereocenters. The van der Waals surface area contributed by atoms with Crippen molar-refractivity contribution in [1.82, 2.24) is 0 Å². The molecule has 0 radical (unpaired) electrons. The molecule has 0 amide bonds. The number of unbranched alkanes of at least 4 members (excludes halogenated alkanes) is 5. The zero-order valence-corrected chi connectivity index (χ0v) is 13.3. The number of hydrogen-bond acceptors (Lipinski definition) is 2. The largest absolute Gasteiger partial charge is 0.397 e. The molecule has 0 bridgehead atoms. The lowest BCUT2D eigenvalue weighted by Crippen LogP contribution is -2.24. The molecule has 0 aromatic heterocycles. The van der Waals surface area contributed by atoms with Gasteiger partial charge < -0.3 is 8.85 Å². The Hall–Kier alpha value is 0.137. The minimum atomic E-state index is -1.34. The third kappa shape index (κ3) is 12.4. The monoisotopic (exact) mass is 260 g/mol. The standard InChI is InChI=1S/C14H32O2Si/c1-4-7-10-12-15-17(14-9-6-3)16-13-11-8-5-2/h17H,4-14H2,1-3H3. The highest BCUT2D eigenvalue weighted by Crippen LogP contribution is 2.07. The maximum absolute atomic E-state index is 5.94. The second-order valence-electron chi connectivity index (χ2n) is 4.73. The van der Waals surface area contributed by atoms with Gasteiger partial charge in [0.05, 0.1) is 0 Å². The van der Waals surface area contributed by atoms with Gasteiger partial charge in [-0.1, -0.05) is 59.3 Å². The molecule has 17 heavy (non-hydrogen) atoms. The van der Waals surface area contributed by atoms with Gasteiger partial charge >= 0.3 is 9.28 Å². The Kier molecular flexibility index (Phi) is 14.3. The SMILES string of the molecule is CCCCCO[SiH](CCCC)OCCCCC. The molecule has 0 aromatic rings. The molecule has 0 aliphatic carbocycles. The van der Waals surface area contributed by atoms with Gasteiger partial charge in [0, 0.05) is 13.2 Å². The molecule has 2 nitrogen and oxygen atoms in total. The van der Waals surface area contributed by atoms with Crippen molar-refractivity contribution in [1.29, 1.82) is 0 Å². The quantitative estimate of drug-likeness (QED) is 0.360. The van der Waals surface area contributed by atoms with Gasteiger partial charge in [-0.3, -0.25) is 0 Å². The Morgan fingerprint density at radius 3 is 1.53 bits per heavy atom. The Balaban J connectivity index is 3.56. The second kappa shape index (κ2) is 14.2. The van der Waals surface area contributed by atoms with Crippen molar-refractivity contribution in [3.05, 3.63) is 0 Å². The highest BCUT2D eigenvalue weighted by molar-refractivity contribution is 6.44. The van der Waals surface area contributed by atoms with Crippen LogP contribution in [-0.2, 0) is 8.85 Å². The second-order valence-corrected chi connectivity index (χ2v) is 6.83. The van der Waals surface area contributed by atoms with Crippen LogP contribution >= 0.6 is 0 Å². The summed E-state index contributed by atoms with van der Waals surface area (Å²) in [6, 6.07) is 1.19. The summed E-state index contributed by atoms with van der Waals surface area (Å²) in [6.45, 7) is 8.53. The highest BCUT2D eigenvalue weighted by Gasteiger charge is 2.12. The third-order valence-corrected chi connectivity index (χ3v) is 4.99. The van der Waals surface area contributed by atoms with Gasteiger partial charge in [0.2, 0.25) is 0 Å². The molecule has 0 N–H and O–H groups in total. The predicted molar refractivity (Wildman–Crippen MR) is 77.8 cm³/mol. The molecule has 0 saturated heterocycles. The smallest absolute Gasteiger partial charge is 0.321 e. The van der Waals surface area contributed by atoms with E-state index in [9.17, 15) is 0 Å². The molecule has 0 aromatic carbocycles. The van der Waals surface area contributed by atoms with E-state index in [1.165, 1.54) is 57.4 Å². The first-order chi connectivity index (χ1) is 8.35. The van der Waals surface area contributed by atoms with E-state index in [0.717, 1.165) is 13.2 Å². The van der Waals surface area contributed by atoms with Crippen molar-refractivity contribution >= 4 is 9.28 Å². The van der Waals surface area contributed by atoms with E-state index in [1.807, 2.05) is 0 Å². The van der Waals surface area contributed by atoms with Gasteiger partial charge in [0.25, 0.3) is 0 Å². The van der Waals surface area contributed by atoms with Gasteiger partial charge in [-0.2, -0.15) is 0 Å². The summed E-state index contributed by atoms with van der Waals surface area (Å²) in [4.78, 5) is 0. The van der Waals surface area contributed by atoms with Gasteiger partial charge in [-0.25, -0.2) is 0 Å². The Labute approximate surface area is 110 Å². The van der Waals surface area contributed by atoms with E-state index in [1.54, 1.807) is 0 Å². The van der Waals surface area contributed by atoms with E-state index < -0.39 is 9.28 Å². The molecule has 0 saturated carbocycles. The normalized spacial score (nSPS) is 11.3. The van der Waals surface area contributed by atoms with Crippen LogP contribution in [0.2, 0.25) is 6.04 Å². The van der Waals surface area contributed by atoms with Gasteiger partial charge in [-0.05, 0) is 18.9 Å². The van der Waals surface area contributed by atoms with E-state index in [0.29, 0.717) is 0 Å². The molecular weight excluding hydrogens is 228 g/mol. The molecule has 104 valence electrons. The zero-order chi connectivity index (χ0) is 12.8. The molecular formula is C14H32O2Si. The summed E-state index contributed by atoms with van der Waals surface area (Å²) in [6.07, 6.45) is 10.0. The Bertz CT molecular complexity index is 130. The fraction of sp³-hybridized carbons (Fsp3) is 1.00. The summed E-state index contributed by atoms with van der Waals surface area (Å²) in [7, 11) is -1.34. The van der Waals surface area contributed by atoms with Crippen LogP contribution in [0.15, 0.2) is 0 Å².